The summed E-state index contributed by atoms with van der Waals surface area (Å²) in [5, 5.41) is 3.61. The van der Waals surface area contributed by atoms with Crippen molar-refractivity contribution < 1.29 is 8.42 Å². The molecule has 0 fully saturated rings. The van der Waals surface area contributed by atoms with Crippen LogP contribution >= 0.6 is 27.5 Å². The Kier molecular flexibility index (Phi) is 4.27. The fourth-order valence-electron chi connectivity index (χ4n) is 1.62. The lowest BCUT2D eigenvalue weighted by atomic mass is 10.2. The first-order valence-electron chi connectivity index (χ1n) is 5.59. The van der Waals surface area contributed by atoms with E-state index in [2.05, 4.69) is 21.2 Å². The number of nitrogens with two attached hydrogens (primary N) is 1. The molecule has 0 atom stereocenters. The van der Waals surface area contributed by atoms with Crippen molar-refractivity contribution >= 4 is 54.4 Å². The summed E-state index contributed by atoms with van der Waals surface area (Å²) in [6.45, 7) is 0. The lowest BCUT2D eigenvalue weighted by molar-refractivity contribution is 0.602. The average molecular weight is 376 g/mol. The van der Waals surface area contributed by atoms with E-state index in [1.807, 2.05) is 6.07 Å². The highest BCUT2D eigenvalue weighted by Crippen LogP contribution is 2.31. The summed E-state index contributed by atoms with van der Waals surface area (Å²) < 4.78 is 23.8. The first-order chi connectivity index (χ1) is 9.27. The van der Waals surface area contributed by atoms with E-state index in [-0.39, 0.29) is 4.90 Å². The Hall–Kier alpha value is -1.24. The molecule has 20 heavy (non-hydrogen) atoms. The van der Waals surface area contributed by atoms with Crippen molar-refractivity contribution in [2.75, 3.05) is 17.3 Å². The molecule has 0 saturated heterocycles. The number of benzene rings is 2. The summed E-state index contributed by atoms with van der Waals surface area (Å²) in [7, 11) is -3.27. The van der Waals surface area contributed by atoms with Crippen LogP contribution in [0.3, 0.4) is 0 Å². The van der Waals surface area contributed by atoms with E-state index >= 15 is 0 Å². The zero-order chi connectivity index (χ0) is 14.9. The first kappa shape index (κ1) is 15.2. The van der Waals surface area contributed by atoms with Gasteiger partial charge in [-0.25, -0.2) is 8.42 Å². The number of nitrogen functional groups attached to an aromatic ring is 1. The molecule has 2 rings (SSSR count). The highest BCUT2D eigenvalue weighted by molar-refractivity contribution is 9.10. The first-order valence-corrected chi connectivity index (χ1v) is 8.65. The van der Waals surface area contributed by atoms with Crippen molar-refractivity contribution in [3.05, 3.63) is 45.9 Å². The predicted molar refractivity (Wildman–Crippen MR) is 86.4 cm³/mol. The summed E-state index contributed by atoms with van der Waals surface area (Å²) in [5.74, 6) is 0. The van der Waals surface area contributed by atoms with Crippen LogP contribution in [0.1, 0.15) is 0 Å². The van der Waals surface area contributed by atoms with Gasteiger partial charge in [-0.1, -0.05) is 27.5 Å². The molecule has 0 aliphatic rings. The van der Waals surface area contributed by atoms with E-state index in [0.29, 0.717) is 22.1 Å². The normalized spacial score (nSPS) is 11.3. The Morgan fingerprint density at radius 2 is 1.80 bits per heavy atom. The van der Waals surface area contributed by atoms with Crippen LogP contribution in [-0.4, -0.2) is 14.7 Å². The van der Waals surface area contributed by atoms with Crippen molar-refractivity contribution in [1.82, 2.24) is 0 Å². The number of sulfone groups is 1. The van der Waals surface area contributed by atoms with Gasteiger partial charge in [-0.05, 0) is 36.4 Å². The van der Waals surface area contributed by atoms with Crippen LogP contribution in [0.15, 0.2) is 45.8 Å². The molecule has 0 bridgehead atoms. The maximum Gasteiger partial charge on any atom is 0.175 e. The standard InChI is InChI=1S/C13H12BrClN2O2S/c1-20(18,19)9-3-5-13(11(16)7-9)17-12-4-2-8(14)6-10(12)15/h2-7,17H,16H2,1H3. The molecule has 3 N–H and O–H groups in total. The molecular weight excluding hydrogens is 364 g/mol. The molecule has 0 amide bonds. The van der Waals surface area contributed by atoms with Crippen molar-refractivity contribution in [3.63, 3.8) is 0 Å². The monoisotopic (exact) mass is 374 g/mol. The van der Waals surface area contributed by atoms with E-state index in [0.717, 1.165) is 10.7 Å². The van der Waals surface area contributed by atoms with Gasteiger partial charge >= 0.3 is 0 Å². The quantitative estimate of drug-likeness (QED) is 0.800. The Morgan fingerprint density at radius 1 is 1.15 bits per heavy atom. The molecule has 0 spiro atoms. The zero-order valence-electron chi connectivity index (χ0n) is 10.5. The highest BCUT2D eigenvalue weighted by Gasteiger charge is 2.10. The van der Waals surface area contributed by atoms with Gasteiger partial charge in [0, 0.05) is 10.7 Å². The molecule has 0 radical (unpaired) electrons. The average Bonchev–Trinajstić information content (AvgIpc) is 2.33. The van der Waals surface area contributed by atoms with Gasteiger partial charge in [0.1, 0.15) is 0 Å². The number of rotatable bonds is 3. The minimum atomic E-state index is -3.27. The summed E-state index contributed by atoms with van der Waals surface area (Å²) in [4.78, 5) is 0.183. The molecule has 0 aliphatic carbocycles. The van der Waals surface area contributed by atoms with Gasteiger partial charge in [0.05, 0.1) is 27.0 Å². The molecule has 0 aromatic heterocycles. The summed E-state index contributed by atoms with van der Waals surface area (Å²) >= 11 is 9.43. The summed E-state index contributed by atoms with van der Waals surface area (Å²) in [5.41, 5.74) is 7.49. The van der Waals surface area contributed by atoms with Crippen LogP contribution in [0, 0.1) is 0 Å². The fourth-order valence-corrected chi connectivity index (χ4v) is 3.00. The summed E-state index contributed by atoms with van der Waals surface area (Å²) in [6.07, 6.45) is 1.14. The van der Waals surface area contributed by atoms with Crippen LogP contribution in [0.2, 0.25) is 5.02 Å². The third kappa shape index (κ3) is 3.45. The SMILES string of the molecule is CS(=O)(=O)c1ccc(Nc2ccc(Br)cc2Cl)c(N)c1. The van der Waals surface area contributed by atoms with E-state index in [1.54, 1.807) is 18.2 Å². The number of hydrogen-bond donors (Lipinski definition) is 2. The second kappa shape index (κ2) is 5.63. The van der Waals surface area contributed by atoms with Gasteiger partial charge in [0.15, 0.2) is 9.84 Å². The topological polar surface area (TPSA) is 72.2 Å². The lowest BCUT2D eigenvalue weighted by Gasteiger charge is -2.12. The minimum Gasteiger partial charge on any atom is -0.397 e. The smallest absolute Gasteiger partial charge is 0.175 e. The van der Waals surface area contributed by atoms with Crippen molar-refractivity contribution in [2.45, 2.75) is 4.90 Å². The second-order valence-corrected chi connectivity index (χ2v) is 7.61. The van der Waals surface area contributed by atoms with Gasteiger partial charge in [-0.15, -0.1) is 0 Å². The molecule has 106 valence electrons. The van der Waals surface area contributed by atoms with Gasteiger partial charge in [0.2, 0.25) is 0 Å². The van der Waals surface area contributed by atoms with E-state index in [4.69, 9.17) is 17.3 Å². The van der Waals surface area contributed by atoms with Crippen LogP contribution in [0.25, 0.3) is 0 Å². The fraction of sp³-hybridized carbons (Fsp3) is 0.0769. The minimum absolute atomic E-state index is 0.183. The molecule has 4 nitrogen and oxygen atoms in total. The Bertz CT molecular complexity index is 763. The molecule has 0 aliphatic heterocycles. The maximum absolute atomic E-state index is 11.4. The van der Waals surface area contributed by atoms with Crippen LogP contribution in [-0.2, 0) is 9.84 Å². The molecule has 0 unspecified atom stereocenters. The number of anilines is 3. The Balaban J connectivity index is 2.35. The van der Waals surface area contributed by atoms with E-state index in [1.165, 1.54) is 12.1 Å². The number of hydrogen-bond acceptors (Lipinski definition) is 4. The van der Waals surface area contributed by atoms with Crippen molar-refractivity contribution in [1.29, 1.82) is 0 Å². The predicted octanol–water partition coefficient (Wildman–Crippen LogP) is 3.83. The third-order valence-electron chi connectivity index (χ3n) is 2.65. The maximum atomic E-state index is 11.4. The van der Waals surface area contributed by atoms with Gasteiger partial charge in [-0.2, -0.15) is 0 Å². The molecule has 0 heterocycles. The summed E-state index contributed by atoms with van der Waals surface area (Å²) in [6, 6.07) is 9.94. The van der Waals surface area contributed by atoms with Crippen molar-refractivity contribution in [3.8, 4) is 0 Å². The second-order valence-electron chi connectivity index (χ2n) is 4.27. The number of nitrogens with one attached hydrogen (secondary N) is 1. The van der Waals surface area contributed by atoms with E-state index < -0.39 is 9.84 Å². The van der Waals surface area contributed by atoms with Gasteiger partial charge in [-0.3, -0.25) is 0 Å². The Labute approximate surface area is 131 Å². The molecule has 2 aromatic carbocycles. The third-order valence-corrected chi connectivity index (χ3v) is 4.57. The number of halogens is 2. The largest absolute Gasteiger partial charge is 0.397 e. The lowest BCUT2D eigenvalue weighted by Crippen LogP contribution is -2.01. The molecule has 0 saturated carbocycles. The molecule has 2 aromatic rings. The molecule has 7 heteroatoms. The highest BCUT2D eigenvalue weighted by atomic mass is 79.9. The van der Waals surface area contributed by atoms with Crippen molar-refractivity contribution in [2.24, 2.45) is 0 Å². The zero-order valence-corrected chi connectivity index (χ0v) is 13.7. The van der Waals surface area contributed by atoms with Crippen LogP contribution < -0.4 is 11.1 Å². The van der Waals surface area contributed by atoms with Gasteiger partial charge < -0.3 is 11.1 Å². The van der Waals surface area contributed by atoms with Crippen LogP contribution in [0.5, 0.6) is 0 Å². The van der Waals surface area contributed by atoms with Gasteiger partial charge in [0.25, 0.3) is 0 Å². The molecular formula is C13H12BrClN2O2S. The Morgan fingerprint density at radius 3 is 2.35 bits per heavy atom. The van der Waals surface area contributed by atoms with Crippen LogP contribution in [0.4, 0.5) is 17.1 Å². The van der Waals surface area contributed by atoms with E-state index in [9.17, 15) is 8.42 Å².